The lowest BCUT2D eigenvalue weighted by Crippen LogP contribution is -2.02. The third-order valence-electron chi connectivity index (χ3n) is 2.06. The van der Waals surface area contributed by atoms with Gasteiger partial charge in [-0.2, -0.15) is 11.8 Å². The van der Waals surface area contributed by atoms with E-state index in [0.717, 1.165) is 11.3 Å². The monoisotopic (exact) mass is 236 g/mol. The van der Waals surface area contributed by atoms with Crippen LogP contribution in [0, 0.1) is 11.8 Å². The maximum absolute atomic E-state index is 8.89. The van der Waals surface area contributed by atoms with Crippen molar-refractivity contribution < 1.29 is 10.2 Å². The molecule has 0 radical (unpaired) electrons. The van der Waals surface area contributed by atoms with E-state index in [0.29, 0.717) is 0 Å². The first-order chi connectivity index (χ1) is 7.76. The molecule has 0 amide bonds. The van der Waals surface area contributed by atoms with Crippen molar-refractivity contribution in [2.75, 3.05) is 13.2 Å². The predicted octanol–water partition coefficient (Wildman–Crippen LogP) is 1.64. The molecule has 0 spiro atoms. The number of rotatable bonds is 4. The van der Waals surface area contributed by atoms with Crippen LogP contribution in [0.1, 0.15) is 18.1 Å². The van der Waals surface area contributed by atoms with E-state index in [9.17, 15) is 0 Å². The molecule has 1 rings (SSSR count). The Hall–Kier alpha value is -0.950. The summed E-state index contributed by atoms with van der Waals surface area (Å²) in [7, 11) is 0. The fourth-order valence-electron chi connectivity index (χ4n) is 1.12. The summed E-state index contributed by atoms with van der Waals surface area (Å²) in [6.07, 6.45) is 0. The minimum Gasteiger partial charge on any atom is -0.395 e. The van der Waals surface area contributed by atoms with E-state index in [-0.39, 0.29) is 18.5 Å². The summed E-state index contributed by atoms with van der Waals surface area (Å²) < 4.78 is 0. The second-order valence-corrected chi connectivity index (χ2v) is 4.89. The molecule has 16 heavy (non-hydrogen) atoms. The lowest BCUT2D eigenvalue weighted by atomic mass is 10.1. The highest BCUT2D eigenvalue weighted by atomic mass is 32.2. The molecule has 1 atom stereocenters. The van der Waals surface area contributed by atoms with Crippen molar-refractivity contribution >= 4 is 11.8 Å². The van der Waals surface area contributed by atoms with Crippen LogP contribution >= 0.6 is 11.8 Å². The lowest BCUT2D eigenvalue weighted by molar-refractivity contribution is 0.300. The molecule has 0 aliphatic heterocycles. The summed E-state index contributed by atoms with van der Waals surface area (Å²) >= 11 is 1.73. The highest BCUT2D eigenvalue weighted by molar-refractivity contribution is 7.99. The molecular formula is C13H16O2S. The molecule has 2 N–H and O–H groups in total. The van der Waals surface area contributed by atoms with Crippen molar-refractivity contribution in [3.8, 4) is 11.8 Å². The van der Waals surface area contributed by atoms with Crippen LogP contribution in [-0.4, -0.2) is 28.7 Å². The van der Waals surface area contributed by atoms with Gasteiger partial charge in [-0.15, -0.1) is 0 Å². The van der Waals surface area contributed by atoms with E-state index in [1.807, 2.05) is 31.2 Å². The molecule has 2 nitrogen and oxygen atoms in total. The quantitative estimate of drug-likeness (QED) is 0.781. The third-order valence-corrected chi connectivity index (χ3v) is 3.28. The number of hydrogen-bond donors (Lipinski definition) is 2. The van der Waals surface area contributed by atoms with Gasteiger partial charge in [-0.1, -0.05) is 30.9 Å². The van der Waals surface area contributed by atoms with E-state index in [1.165, 1.54) is 5.56 Å². The highest BCUT2D eigenvalue weighted by Gasteiger charge is 2.00. The number of aliphatic hydroxyl groups excluding tert-OH is 2. The zero-order valence-electron chi connectivity index (χ0n) is 9.31. The van der Waals surface area contributed by atoms with E-state index in [2.05, 4.69) is 11.8 Å². The molecule has 1 aromatic carbocycles. The van der Waals surface area contributed by atoms with E-state index < -0.39 is 0 Å². The Morgan fingerprint density at radius 1 is 1.25 bits per heavy atom. The number of benzene rings is 1. The third kappa shape index (κ3) is 4.71. The van der Waals surface area contributed by atoms with Gasteiger partial charge in [0, 0.05) is 16.6 Å². The largest absolute Gasteiger partial charge is 0.395 e. The second-order valence-electron chi connectivity index (χ2n) is 3.46. The molecule has 0 heterocycles. The Bertz CT molecular complexity index is 362. The van der Waals surface area contributed by atoms with Crippen LogP contribution in [0.3, 0.4) is 0 Å². The predicted molar refractivity (Wildman–Crippen MR) is 68.2 cm³/mol. The van der Waals surface area contributed by atoms with Crippen LogP contribution in [0.5, 0.6) is 0 Å². The Balaban J connectivity index is 2.51. The summed E-state index contributed by atoms with van der Waals surface area (Å²) in [6, 6.07) is 7.95. The molecule has 0 aliphatic carbocycles. The molecule has 1 aromatic rings. The summed E-state index contributed by atoms with van der Waals surface area (Å²) in [5, 5.41) is 17.7. The van der Waals surface area contributed by atoms with Gasteiger partial charge in [0.15, 0.2) is 0 Å². The van der Waals surface area contributed by atoms with E-state index in [1.54, 1.807) is 11.8 Å². The Kier molecular flexibility index (Phi) is 6.02. The molecule has 0 saturated carbocycles. The summed E-state index contributed by atoms with van der Waals surface area (Å²) in [4.78, 5) is 0. The summed E-state index contributed by atoms with van der Waals surface area (Å²) in [5.41, 5.74) is 2.14. The average Bonchev–Trinajstić information content (AvgIpc) is 2.34. The molecule has 86 valence electrons. The number of aliphatic hydroxyl groups is 2. The zero-order chi connectivity index (χ0) is 11.8. The highest BCUT2D eigenvalue weighted by Crippen LogP contribution is 2.17. The van der Waals surface area contributed by atoms with E-state index >= 15 is 0 Å². The van der Waals surface area contributed by atoms with Gasteiger partial charge >= 0.3 is 0 Å². The first-order valence-electron chi connectivity index (χ1n) is 5.17. The van der Waals surface area contributed by atoms with Gasteiger partial charge in [-0.05, 0) is 17.7 Å². The van der Waals surface area contributed by atoms with Crippen LogP contribution in [0.4, 0.5) is 0 Å². The molecule has 0 bridgehead atoms. The van der Waals surface area contributed by atoms with Gasteiger partial charge in [0.25, 0.3) is 0 Å². The van der Waals surface area contributed by atoms with Gasteiger partial charge in [0.05, 0.1) is 6.61 Å². The van der Waals surface area contributed by atoms with Crippen LogP contribution < -0.4 is 0 Å². The van der Waals surface area contributed by atoms with E-state index in [4.69, 9.17) is 10.2 Å². The summed E-state index contributed by atoms with van der Waals surface area (Å²) in [5.74, 6) is 6.36. The molecule has 1 unspecified atom stereocenters. The van der Waals surface area contributed by atoms with Crippen LogP contribution in [-0.2, 0) is 5.75 Å². The van der Waals surface area contributed by atoms with Crippen molar-refractivity contribution in [1.82, 2.24) is 0 Å². The fraction of sp³-hybridized carbons (Fsp3) is 0.385. The topological polar surface area (TPSA) is 40.5 Å². The number of thioether (sulfide) groups is 1. The zero-order valence-corrected chi connectivity index (χ0v) is 10.1. The minimum atomic E-state index is -0.106. The fourth-order valence-corrected chi connectivity index (χ4v) is 1.89. The standard InChI is InChI=1S/C13H16O2S/c1-11(9-15)16-10-13-6-4-12(5-7-13)3-2-8-14/h4-7,11,14-15H,8-10H2,1H3. The van der Waals surface area contributed by atoms with Gasteiger partial charge in [0.1, 0.15) is 6.61 Å². The van der Waals surface area contributed by atoms with Crippen molar-refractivity contribution in [1.29, 1.82) is 0 Å². The normalized spacial score (nSPS) is 11.7. The average molecular weight is 236 g/mol. The van der Waals surface area contributed by atoms with Gasteiger partial charge in [0.2, 0.25) is 0 Å². The maximum Gasteiger partial charge on any atom is 0.104 e. The van der Waals surface area contributed by atoms with Gasteiger partial charge in [-0.3, -0.25) is 0 Å². The number of hydrogen-bond acceptors (Lipinski definition) is 3. The van der Waals surface area contributed by atoms with Crippen molar-refractivity contribution in [3.63, 3.8) is 0 Å². The molecule has 3 heteroatoms. The maximum atomic E-state index is 8.89. The SMILES string of the molecule is CC(CO)SCc1ccc(C#CCO)cc1. The molecule has 0 fully saturated rings. The Morgan fingerprint density at radius 2 is 1.94 bits per heavy atom. The van der Waals surface area contributed by atoms with Crippen LogP contribution in [0.25, 0.3) is 0 Å². The van der Waals surface area contributed by atoms with Crippen molar-refractivity contribution in [2.24, 2.45) is 0 Å². The molecule has 0 aromatic heterocycles. The first kappa shape index (κ1) is 13.1. The Morgan fingerprint density at radius 3 is 2.50 bits per heavy atom. The molecular weight excluding hydrogens is 220 g/mol. The van der Waals surface area contributed by atoms with Gasteiger partial charge < -0.3 is 10.2 Å². The molecule has 0 saturated heterocycles. The van der Waals surface area contributed by atoms with Crippen molar-refractivity contribution in [2.45, 2.75) is 17.9 Å². The smallest absolute Gasteiger partial charge is 0.104 e. The van der Waals surface area contributed by atoms with Gasteiger partial charge in [-0.25, -0.2) is 0 Å². The Labute approximate surface area is 101 Å². The minimum absolute atomic E-state index is 0.106. The summed E-state index contributed by atoms with van der Waals surface area (Å²) in [6.45, 7) is 2.11. The van der Waals surface area contributed by atoms with Crippen LogP contribution in [0.2, 0.25) is 0 Å². The molecule has 0 aliphatic rings. The van der Waals surface area contributed by atoms with Crippen molar-refractivity contribution in [3.05, 3.63) is 35.4 Å². The lowest BCUT2D eigenvalue weighted by Gasteiger charge is -2.07. The van der Waals surface area contributed by atoms with Crippen LogP contribution in [0.15, 0.2) is 24.3 Å². The first-order valence-corrected chi connectivity index (χ1v) is 6.22. The second kappa shape index (κ2) is 7.34.